The highest BCUT2D eigenvalue weighted by molar-refractivity contribution is 5.39. The lowest BCUT2D eigenvalue weighted by atomic mass is 10.2. The van der Waals surface area contributed by atoms with Crippen molar-refractivity contribution in [1.29, 1.82) is 0 Å². The van der Waals surface area contributed by atoms with E-state index < -0.39 is 0 Å². The van der Waals surface area contributed by atoms with Gasteiger partial charge in [0.25, 0.3) is 0 Å². The van der Waals surface area contributed by atoms with Crippen LogP contribution in [0.1, 0.15) is 11.3 Å². The van der Waals surface area contributed by atoms with E-state index in [0.29, 0.717) is 12.2 Å². The Balaban J connectivity index is 1.74. The number of imidazole rings is 1. The van der Waals surface area contributed by atoms with Gasteiger partial charge in [-0.15, -0.1) is 0 Å². The van der Waals surface area contributed by atoms with Gasteiger partial charge in [0.2, 0.25) is 0 Å². The van der Waals surface area contributed by atoms with Crippen LogP contribution in [-0.4, -0.2) is 19.5 Å². The van der Waals surface area contributed by atoms with Crippen molar-refractivity contribution in [2.75, 3.05) is 5.32 Å². The molecule has 0 unspecified atom stereocenters. The van der Waals surface area contributed by atoms with Crippen LogP contribution in [-0.2, 0) is 6.54 Å². The predicted molar refractivity (Wildman–Crippen MR) is 77.6 cm³/mol. The minimum atomic E-state index is -0.286. The van der Waals surface area contributed by atoms with E-state index in [4.69, 9.17) is 0 Å². The number of anilines is 1. The third kappa shape index (κ3) is 3.05. The van der Waals surface area contributed by atoms with Crippen LogP contribution in [0.3, 0.4) is 0 Å². The molecule has 0 saturated carbocycles. The number of rotatable bonds is 4. The fourth-order valence-corrected chi connectivity index (χ4v) is 2.02. The summed E-state index contributed by atoms with van der Waals surface area (Å²) in [6.07, 6.45) is 6.40. The zero-order chi connectivity index (χ0) is 14.7. The van der Waals surface area contributed by atoms with Crippen LogP contribution in [0.15, 0.2) is 49.3 Å². The molecule has 0 aliphatic heterocycles. The lowest BCUT2D eigenvalue weighted by Gasteiger charge is -2.08. The number of nitrogens with one attached hydrogen (secondary N) is 1. The van der Waals surface area contributed by atoms with Crippen molar-refractivity contribution in [2.45, 2.75) is 13.5 Å². The van der Waals surface area contributed by atoms with Crippen LogP contribution < -0.4 is 5.32 Å². The monoisotopic (exact) mass is 283 g/mol. The van der Waals surface area contributed by atoms with E-state index in [1.165, 1.54) is 12.4 Å². The summed E-state index contributed by atoms with van der Waals surface area (Å²) in [4.78, 5) is 12.1. The molecule has 0 fully saturated rings. The molecule has 0 saturated heterocycles. The largest absolute Gasteiger partial charge is 0.366 e. The highest BCUT2D eigenvalue weighted by Gasteiger charge is 2.05. The van der Waals surface area contributed by atoms with E-state index >= 15 is 0 Å². The van der Waals surface area contributed by atoms with Crippen molar-refractivity contribution >= 4 is 5.82 Å². The normalized spacial score (nSPS) is 10.6. The molecule has 6 heteroatoms. The van der Waals surface area contributed by atoms with Crippen molar-refractivity contribution < 1.29 is 4.39 Å². The summed E-state index contributed by atoms with van der Waals surface area (Å²) in [5.74, 6) is 0.438. The molecule has 0 aliphatic rings. The molecule has 0 amide bonds. The molecule has 0 spiro atoms. The van der Waals surface area contributed by atoms with Crippen LogP contribution >= 0.6 is 0 Å². The van der Waals surface area contributed by atoms with Gasteiger partial charge in [-0.2, -0.15) is 0 Å². The van der Waals surface area contributed by atoms with E-state index in [0.717, 1.165) is 17.1 Å². The Kier molecular flexibility index (Phi) is 3.59. The first kappa shape index (κ1) is 13.2. The molecule has 106 valence electrons. The second-order valence-corrected chi connectivity index (χ2v) is 4.65. The number of aromatic nitrogens is 4. The number of nitrogens with zero attached hydrogens (tertiary/aromatic N) is 4. The molecule has 21 heavy (non-hydrogen) atoms. The Bertz CT molecular complexity index is 740. The van der Waals surface area contributed by atoms with Crippen molar-refractivity contribution in [1.82, 2.24) is 19.5 Å². The second kappa shape index (κ2) is 5.70. The first-order chi connectivity index (χ1) is 10.2. The summed E-state index contributed by atoms with van der Waals surface area (Å²) in [5, 5.41) is 3.15. The quantitative estimate of drug-likeness (QED) is 0.800. The summed E-state index contributed by atoms with van der Waals surface area (Å²) >= 11 is 0. The second-order valence-electron chi connectivity index (χ2n) is 4.65. The Hall–Kier alpha value is -2.76. The van der Waals surface area contributed by atoms with Gasteiger partial charge in [0.05, 0.1) is 12.0 Å². The molecule has 3 aromatic rings. The Labute approximate surface area is 121 Å². The Morgan fingerprint density at radius 1 is 1.24 bits per heavy atom. The molecule has 1 N–H and O–H groups in total. The molecule has 0 atom stereocenters. The van der Waals surface area contributed by atoms with Crippen molar-refractivity contribution in [3.8, 4) is 5.69 Å². The number of hydrogen-bond donors (Lipinski definition) is 1. The van der Waals surface area contributed by atoms with Gasteiger partial charge in [-0.1, -0.05) is 6.07 Å². The summed E-state index contributed by atoms with van der Waals surface area (Å²) < 4.78 is 15.7. The van der Waals surface area contributed by atoms with E-state index in [2.05, 4.69) is 20.3 Å². The summed E-state index contributed by atoms with van der Waals surface area (Å²) in [6, 6.07) is 6.96. The summed E-state index contributed by atoms with van der Waals surface area (Å²) in [6.45, 7) is 2.39. The number of aryl methyl sites for hydroxylation is 1. The standard InChI is InChI=1S/C15H14FN5/c1-11-6-15(20-9-19-11)18-8-12-2-3-14(13(16)7-12)21-5-4-17-10-21/h2-7,9-10H,8H2,1H3,(H,18,19,20). The van der Waals surface area contributed by atoms with Gasteiger partial charge in [0.1, 0.15) is 18.0 Å². The van der Waals surface area contributed by atoms with Crippen LogP contribution in [0.2, 0.25) is 0 Å². The molecule has 5 nitrogen and oxygen atoms in total. The number of benzene rings is 1. The minimum absolute atomic E-state index is 0.286. The highest BCUT2D eigenvalue weighted by Crippen LogP contribution is 2.16. The van der Waals surface area contributed by atoms with E-state index in [1.54, 1.807) is 29.4 Å². The molecule has 0 radical (unpaired) electrons. The van der Waals surface area contributed by atoms with Gasteiger partial charge in [-0.3, -0.25) is 0 Å². The predicted octanol–water partition coefficient (Wildman–Crippen LogP) is 2.72. The maximum atomic E-state index is 14.1. The van der Waals surface area contributed by atoms with Gasteiger partial charge in [0.15, 0.2) is 0 Å². The van der Waals surface area contributed by atoms with E-state index in [9.17, 15) is 4.39 Å². The first-order valence-corrected chi connectivity index (χ1v) is 6.51. The van der Waals surface area contributed by atoms with Crippen LogP contribution in [0, 0.1) is 12.7 Å². The molecule has 2 aromatic heterocycles. The molecule has 0 bridgehead atoms. The topological polar surface area (TPSA) is 55.6 Å². The van der Waals surface area contributed by atoms with E-state index in [1.807, 2.05) is 19.1 Å². The zero-order valence-corrected chi connectivity index (χ0v) is 11.5. The third-order valence-corrected chi connectivity index (χ3v) is 3.07. The van der Waals surface area contributed by atoms with Gasteiger partial charge >= 0.3 is 0 Å². The van der Waals surface area contributed by atoms with Crippen molar-refractivity contribution in [2.24, 2.45) is 0 Å². The summed E-state index contributed by atoms with van der Waals surface area (Å²) in [7, 11) is 0. The fourth-order valence-electron chi connectivity index (χ4n) is 2.02. The van der Waals surface area contributed by atoms with E-state index in [-0.39, 0.29) is 5.82 Å². The zero-order valence-electron chi connectivity index (χ0n) is 11.5. The minimum Gasteiger partial charge on any atom is -0.366 e. The average molecular weight is 283 g/mol. The van der Waals surface area contributed by atoms with Crippen molar-refractivity contribution in [3.63, 3.8) is 0 Å². The maximum absolute atomic E-state index is 14.1. The number of halogens is 1. The first-order valence-electron chi connectivity index (χ1n) is 6.51. The Morgan fingerprint density at radius 3 is 2.86 bits per heavy atom. The maximum Gasteiger partial charge on any atom is 0.147 e. The molecule has 3 rings (SSSR count). The molecule has 0 aliphatic carbocycles. The highest BCUT2D eigenvalue weighted by atomic mass is 19.1. The van der Waals surface area contributed by atoms with Gasteiger partial charge in [0, 0.05) is 30.7 Å². The fraction of sp³-hybridized carbons (Fsp3) is 0.133. The summed E-state index contributed by atoms with van der Waals surface area (Å²) in [5.41, 5.74) is 2.20. The van der Waals surface area contributed by atoms with Crippen LogP contribution in [0.4, 0.5) is 10.2 Å². The van der Waals surface area contributed by atoms with Gasteiger partial charge in [-0.05, 0) is 24.6 Å². The molecular formula is C15H14FN5. The van der Waals surface area contributed by atoms with Crippen LogP contribution in [0.25, 0.3) is 5.69 Å². The van der Waals surface area contributed by atoms with Gasteiger partial charge < -0.3 is 9.88 Å². The van der Waals surface area contributed by atoms with Crippen LogP contribution in [0.5, 0.6) is 0 Å². The smallest absolute Gasteiger partial charge is 0.147 e. The average Bonchev–Trinajstić information content (AvgIpc) is 2.99. The Morgan fingerprint density at radius 2 is 2.14 bits per heavy atom. The molecule has 2 heterocycles. The molecule has 1 aromatic carbocycles. The lowest BCUT2D eigenvalue weighted by molar-refractivity contribution is 0.616. The third-order valence-electron chi connectivity index (χ3n) is 3.07. The molecular weight excluding hydrogens is 269 g/mol. The van der Waals surface area contributed by atoms with Crippen molar-refractivity contribution in [3.05, 3.63) is 66.4 Å². The number of hydrogen-bond acceptors (Lipinski definition) is 4. The van der Waals surface area contributed by atoms with Gasteiger partial charge in [-0.25, -0.2) is 19.3 Å². The SMILES string of the molecule is Cc1cc(NCc2ccc(-n3ccnc3)c(F)c2)ncn1. The lowest BCUT2D eigenvalue weighted by Crippen LogP contribution is -2.03.